The molecule has 152 valence electrons. The van der Waals surface area contributed by atoms with E-state index in [1.165, 1.54) is 5.56 Å². The number of nitrogens with one attached hydrogen (secondary N) is 1. The highest BCUT2D eigenvalue weighted by atomic mass is 16.2. The maximum absolute atomic E-state index is 13.2. The molecule has 0 aliphatic heterocycles. The van der Waals surface area contributed by atoms with Gasteiger partial charge < -0.3 is 5.32 Å². The van der Waals surface area contributed by atoms with Gasteiger partial charge in [-0.25, -0.2) is 4.68 Å². The van der Waals surface area contributed by atoms with Crippen LogP contribution in [-0.4, -0.2) is 15.7 Å². The third-order valence-electron chi connectivity index (χ3n) is 5.46. The summed E-state index contributed by atoms with van der Waals surface area (Å²) in [5.74, 6) is 0.505. The van der Waals surface area contributed by atoms with Crippen LogP contribution in [0.15, 0.2) is 54.6 Å². The lowest BCUT2D eigenvalue weighted by molar-refractivity contribution is -0.117. The number of hydrogen-bond donors (Lipinski definition) is 1. The van der Waals surface area contributed by atoms with Crippen molar-refractivity contribution in [2.75, 3.05) is 5.32 Å². The number of aryl methyl sites for hydroxylation is 1. The molecule has 0 spiro atoms. The van der Waals surface area contributed by atoms with Crippen LogP contribution < -0.4 is 5.32 Å². The van der Waals surface area contributed by atoms with Gasteiger partial charge in [-0.3, -0.25) is 4.79 Å². The lowest BCUT2D eigenvalue weighted by Crippen LogP contribution is -2.22. The first-order chi connectivity index (χ1) is 13.7. The van der Waals surface area contributed by atoms with Crippen LogP contribution in [0.3, 0.4) is 0 Å². The van der Waals surface area contributed by atoms with Crippen LogP contribution in [0.5, 0.6) is 0 Å². The first kappa shape index (κ1) is 20.8. The Morgan fingerprint density at radius 1 is 1.07 bits per heavy atom. The van der Waals surface area contributed by atoms with Crippen LogP contribution in [0.2, 0.25) is 0 Å². The minimum atomic E-state index is -0.198. The fourth-order valence-corrected chi connectivity index (χ4v) is 3.46. The van der Waals surface area contributed by atoms with Crippen molar-refractivity contribution in [1.29, 1.82) is 0 Å². The molecule has 0 aliphatic carbocycles. The molecule has 1 N–H and O–H groups in total. The summed E-state index contributed by atoms with van der Waals surface area (Å²) < 4.78 is 1.87. The van der Waals surface area contributed by atoms with Crippen molar-refractivity contribution >= 4 is 11.7 Å². The van der Waals surface area contributed by atoms with Crippen molar-refractivity contribution in [2.24, 2.45) is 0 Å². The van der Waals surface area contributed by atoms with Crippen LogP contribution >= 0.6 is 0 Å². The van der Waals surface area contributed by atoms with Crippen LogP contribution in [0.1, 0.15) is 62.4 Å². The van der Waals surface area contributed by atoms with Crippen LogP contribution in [0.25, 0.3) is 5.69 Å². The van der Waals surface area contributed by atoms with Crippen molar-refractivity contribution in [1.82, 2.24) is 9.78 Å². The van der Waals surface area contributed by atoms with Crippen molar-refractivity contribution in [3.8, 4) is 5.69 Å². The molecule has 0 bridgehead atoms. The van der Waals surface area contributed by atoms with E-state index < -0.39 is 0 Å². The molecule has 1 heterocycles. The lowest BCUT2D eigenvalue weighted by atomic mass is 9.92. The Balaban J connectivity index is 2.03. The number of carbonyl (C=O) groups is 1. The highest BCUT2D eigenvalue weighted by Crippen LogP contribution is 2.29. The normalized spacial score (nSPS) is 12.6. The molecule has 1 amide bonds. The summed E-state index contributed by atoms with van der Waals surface area (Å²) in [5.41, 5.74) is 5.20. The Morgan fingerprint density at radius 3 is 2.38 bits per heavy atom. The van der Waals surface area contributed by atoms with Gasteiger partial charge in [-0.05, 0) is 43.0 Å². The molecule has 0 saturated heterocycles. The maximum Gasteiger partial charge on any atom is 0.233 e. The number of amides is 1. The van der Waals surface area contributed by atoms with E-state index in [9.17, 15) is 4.79 Å². The van der Waals surface area contributed by atoms with Crippen molar-refractivity contribution in [2.45, 2.75) is 59.3 Å². The quantitative estimate of drug-likeness (QED) is 0.589. The van der Waals surface area contributed by atoms with E-state index in [0.717, 1.165) is 28.9 Å². The minimum Gasteiger partial charge on any atom is -0.310 e. The first-order valence-electron chi connectivity index (χ1n) is 10.2. The molecule has 1 aromatic heterocycles. The Hall–Kier alpha value is -2.88. The molecular formula is C25H31N3O. The topological polar surface area (TPSA) is 46.9 Å². The molecule has 4 nitrogen and oxygen atoms in total. The predicted octanol–water partition coefficient (Wildman–Crippen LogP) is 5.92. The minimum absolute atomic E-state index is 0.00869. The van der Waals surface area contributed by atoms with Crippen LogP contribution in [0, 0.1) is 13.8 Å². The van der Waals surface area contributed by atoms with Gasteiger partial charge in [-0.15, -0.1) is 0 Å². The molecule has 0 aliphatic rings. The zero-order chi connectivity index (χ0) is 21.2. The second-order valence-electron chi connectivity index (χ2n) is 8.66. The molecule has 1 atom stereocenters. The van der Waals surface area contributed by atoms with Crippen LogP contribution in [0.4, 0.5) is 5.82 Å². The van der Waals surface area contributed by atoms with E-state index in [4.69, 9.17) is 5.10 Å². The smallest absolute Gasteiger partial charge is 0.233 e. The molecule has 4 heteroatoms. The van der Waals surface area contributed by atoms with E-state index in [1.54, 1.807) is 0 Å². The Bertz CT molecular complexity index is 997. The average molecular weight is 390 g/mol. The molecule has 2 aromatic carbocycles. The summed E-state index contributed by atoms with van der Waals surface area (Å²) in [4.78, 5) is 13.2. The van der Waals surface area contributed by atoms with E-state index in [2.05, 4.69) is 46.0 Å². The lowest BCUT2D eigenvalue weighted by Gasteiger charge is -2.17. The molecule has 0 saturated carbocycles. The van der Waals surface area contributed by atoms with Crippen molar-refractivity contribution in [3.63, 3.8) is 0 Å². The van der Waals surface area contributed by atoms with Crippen molar-refractivity contribution < 1.29 is 4.79 Å². The van der Waals surface area contributed by atoms with Gasteiger partial charge >= 0.3 is 0 Å². The second kappa shape index (κ2) is 8.24. The summed E-state index contributed by atoms with van der Waals surface area (Å²) in [5, 5.41) is 8.03. The molecule has 1 unspecified atom stereocenters. The largest absolute Gasteiger partial charge is 0.310 e. The van der Waals surface area contributed by atoms with Gasteiger partial charge in [0.25, 0.3) is 0 Å². The summed E-state index contributed by atoms with van der Waals surface area (Å²) in [6, 6.07) is 18.1. The zero-order valence-electron chi connectivity index (χ0n) is 18.3. The monoisotopic (exact) mass is 389 g/mol. The fraction of sp³-hybridized carbons (Fsp3) is 0.360. The number of hydrogen-bond acceptors (Lipinski definition) is 2. The molecule has 3 rings (SSSR count). The highest BCUT2D eigenvalue weighted by molar-refractivity contribution is 5.95. The molecule has 29 heavy (non-hydrogen) atoms. The number of carbonyl (C=O) groups excluding carboxylic acids is 1. The van der Waals surface area contributed by atoms with Gasteiger partial charge in [0.1, 0.15) is 5.82 Å². The van der Waals surface area contributed by atoms with E-state index in [1.807, 2.05) is 60.1 Å². The van der Waals surface area contributed by atoms with E-state index in [-0.39, 0.29) is 17.2 Å². The third kappa shape index (κ3) is 4.42. The Labute approximate surface area is 174 Å². The second-order valence-corrected chi connectivity index (χ2v) is 8.66. The van der Waals surface area contributed by atoms with Gasteiger partial charge in [-0.2, -0.15) is 5.10 Å². The first-order valence-corrected chi connectivity index (χ1v) is 10.2. The zero-order valence-corrected chi connectivity index (χ0v) is 18.3. The van der Waals surface area contributed by atoms with Gasteiger partial charge in [-0.1, -0.05) is 70.2 Å². The molecular weight excluding hydrogens is 358 g/mol. The molecule has 3 aromatic rings. The predicted molar refractivity (Wildman–Crippen MR) is 120 cm³/mol. The number of rotatable bonds is 5. The number of benzene rings is 2. The van der Waals surface area contributed by atoms with Gasteiger partial charge in [0, 0.05) is 11.5 Å². The van der Waals surface area contributed by atoms with Crippen LogP contribution in [-0.2, 0) is 10.2 Å². The third-order valence-corrected chi connectivity index (χ3v) is 5.46. The maximum atomic E-state index is 13.2. The van der Waals surface area contributed by atoms with E-state index >= 15 is 0 Å². The summed E-state index contributed by atoms with van der Waals surface area (Å²) >= 11 is 0. The Morgan fingerprint density at radius 2 is 1.76 bits per heavy atom. The fourth-order valence-electron chi connectivity index (χ4n) is 3.46. The summed E-state index contributed by atoms with van der Waals surface area (Å²) in [6.45, 7) is 12.6. The summed E-state index contributed by atoms with van der Waals surface area (Å²) in [7, 11) is 0. The molecule has 0 radical (unpaired) electrons. The molecule has 0 fully saturated rings. The van der Waals surface area contributed by atoms with Gasteiger partial charge in [0.15, 0.2) is 0 Å². The summed E-state index contributed by atoms with van der Waals surface area (Å²) in [6.07, 6.45) is 0.736. The van der Waals surface area contributed by atoms with E-state index in [0.29, 0.717) is 5.82 Å². The average Bonchev–Trinajstić information content (AvgIpc) is 3.09. The van der Waals surface area contributed by atoms with Crippen molar-refractivity contribution in [3.05, 3.63) is 77.0 Å². The van der Waals surface area contributed by atoms with Gasteiger partial charge in [0.05, 0.1) is 17.3 Å². The highest BCUT2D eigenvalue weighted by Gasteiger charge is 2.25. The number of aromatic nitrogens is 2. The van der Waals surface area contributed by atoms with Gasteiger partial charge in [0.2, 0.25) is 5.91 Å². The number of nitrogens with zero attached hydrogens (tertiary/aromatic N) is 2. The standard InChI is InChI=1S/C25H31N3O/c1-7-20(19-13-9-8-10-14-19)24(29)26-23-16-22(25(4,5)6)27-28(23)21-15-11-12-17(2)18(21)3/h8-16,20H,7H2,1-6H3,(H,26,29). The Kier molecular flexibility index (Phi) is 5.92. The number of anilines is 1. The SMILES string of the molecule is CCC(C(=O)Nc1cc(C(C)(C)C)nn1-c1cccc(C)c1C)c1ccccc1.